The molecule has 1 aliphatic carbocycles. The molecule has 0 amide bonds. The third-order valence-corrected chi connectivity index (χ3v) is 5.98. The molecule has 1 fully saturated rings. The van der Waals surface area contributed by atoms with Crippen LogP contribution in [0.4, 0.5) is 0 Å². The van der Waals surface area contributed by atoms with E-state index >= 15 is 0 Å². The van der Waals surface area contributed by atoms with Crippen LogP contribution in [0.3, 0.4) is 0 Å². The van der Waals surface area contributed by atoms with E-state index in [1.165, 1.54) is 0 Å². The minimum absolute atomic E-state index is 0.151. The number of halogens is 2. The molecule has 6 heteroatoms. The van der Waals surface area contributed by atoms with Gasteiger partial charge in [0.05, 0.1) is 23.1 Å². The van der Waals surface area contributed by atoms with Crippen LogP contribution in [0.5, 0.6) is 5.75 Å². The average Bonchev–Trinajstić information content (AvgIpc) is 2.67. The topological polar surface area (TPSA) is 48.7 Å². The maximum atomic E-state index is 12.6. The fraction of sp³-hybridized carbons (Fsp3) is 0.318. The summed E-state index contributed by atoms with van der Waals surface area (Å²) in [6, 6.07) is 12.5. The van der Waals surface area contributed by atoms with Gasteiger partial charge in [0.1, 0.15) is 16.8 Å². The standard InChI is InChI=1S/C22H20BrClO4/c1-13-11-16(12-13)27-10-9-26-15-7-5-14(6-8-15)21-19(23)20(25)17-3-2-4-18(24)22(17)28-21/h2-8,13,16H,9-12H2,1H3. The van der Waals surface area contributed by atoms with Gasteiger partial charge in [-0.2, -0.15) is 0 Å². The van der Waals surface area contributed by atoms with E-state index in [0.29, 0.717) is 45.5 Å². The summed E-state index contributed by atoms with van der Waals surface area (Å²) in [5.41, 5.74) is 0.995. The van der Waals surface area contributed by atoms with Gasteiger partial charge in [-0.1, -0.05) is 24.6 Å². The number of fused-ring (bicyclic) bond motifs is 1. The SMILES string of the molecule is CC1CC(OCCOc2ccc(-c3oc4c(Cl)cccc4c(=O)c3Br)cc2)C1. The van der Waals surface area contributed by atoms with E-state index in [1.807, 2.05) is 24.3 Å². The second kappa shape index (κ2) is 8.27. The highest BCUT2D eigenvalue weighted by atomic mass is 79.9. The van der Waals surface area contributed by atoms with E-state index in [9.17, 15) is 4.79 Å². The maximum Gasteiger partial charge on any atom is 0.207 e. The number of para-hydroxylation sites is 1. The largest absolute Gasteiger partial charge is 0.491 e. The second-order valence-electron chi connectivity index (χ2n) is 7.13. The van der Waals surface area contributed by atoms with Gasteiger partial charge in [0.25, 0.3) is 0 Å². The van der Waals surface area contributed by atoms with E-state index in [-0.39, 0.29) is 5.43 Å². The lowest BCUT2D eigenvalue weighted by atomic mass is 9.84. The molecule has 0 saturated heterocycles. The highest BCUT2D eigenvalue weighted by molar-refractivity contribution is 9.10. The van der Waals surface area contributed by atoms with Gasteiger partial charge >= 0.3 is 0 Å². The normalized spacial score (nSPS) is 18.8. The lowest BCUT2D eigenvalue weighted by Gasteiger charge is -2.32. The van der Waals surface area contributed by atoms with E-state index in [0.717, 1.165) is 30.1 Å². The monoisotopic (exact) mass is 462 g/mol. The molecule has 1 aliphatic rings. The summed E-state index contributed by atoms with van der Waals surface area (Å²) in [6.45, 7) is 3.33. The van der Waals surface area contributed by atoms with E-state index in [1.54, 1.807) is 18.2 Å². The molecule has 0 atom stereocenters. The fourth-order valence-corrected chi connectivity index (χ4v) is 4.12. The van der Waals surface area contributed by atoms with Gasteiger partial charge < -0.3 is 13.9 Å². The second-order valence-corrected chi connectivity index (χ2v) is 8.33. The zero-order chi connectivity index (χ0) is 19.7. The van der Waals surface area contributed by atoms with Crippen LogP contribution >= 0.6 is 27.5 Å². The molecule has 0 bridgehead atoms. The summed E-state index contributed by atoms with van der Waals surface area (Å²) in [5, 5.41) is 0.855. The molecule has 1 heterocycles. The van der Waals surface area contributed by atoms with Crippen LogP contribution in [-0.4, -0.2) is 19.3 Å². The number of rotatable bonds is 6. The molecule has 0 radical (unpaired) electrons. The van der Waals surface area contributed by atoms with Crippen molar-refractivity contribution in [1.82, 2.24) is 0 Å². The first kappa shape index (κ1) is 19.5. The first-order chi connectivity index (χ1) is 13.5. The predicted octanol–water partition coefficient (Wildman–Crippen LogP) is 6.07. The van der Waals surface area contributed by atoms with Gasteiger partial charge in [-0.25, -0.2) is 0 Å². The summed E-state index contributed by atoms with van der Waals surface area (Å²) in [6.07, 6.45) is 2.68. The molecule has 28 heavy (non-hydrogen) atoms. The molecule has 0 N–H and O–H groups in total. The summed E-state index contributed by atoms with van der Waals surface area (Å²) < 4.78 is 17.8. The summed E-state index contributed by atoms with van der Waals surface area (Å²) in [7, 11) is 0. The Morgan fingerprint density at radius 2 is 1.89 bits per heavy atom. The van der Waals surface area contributed by atoms with Crippen LogP contribution in [0, 0.1) is 5.92 Å². The zero-order valence-corrected chi connectivity index (χ0v) is 17.8. The Labute approximate surface area is 176 Å². The summed E-state index contributed by atoms with van der Waals surface area (Å²) in [5.74, 6) is 1.97. The number of hydrogen-bond acceptors (Lipinski definition) is 4. The third-order valence-electron chi connectivity index (χ3n) is 4.97. The Hall–Kier alpha value is -1.82. The molecule has 4 rings (SSSR count). The third kappa shape index (κ3) is 3.97. The molecular weight excluding hydrogens is 444 g/mol. The molecule has 1 saturated carbocycles. The highest BCUT2D eigenvalue weighted by Crippen LogP contribution is 2.33. The average molecular weight is 464 g/mol. The van der Waals surface area contributed by atoms with Gasteiger partial charge in [0, 0.05) is 5.56 Å². The Balaban J connectivity index is 1.47. The Morgan fingerprint density at radius 1 is 1.14 bits per heavy atom. The number of hydrogen-bond donors (Lipinski definition) is 0. The van der Waals surface area contributed by atoms with Crippen molar-refractivity contribution >= 4 is 38.5 Å². The zero-order valence-electron chi connectivity index (χ0n) is 15.4. The van der Waals surface area contributed by atoms with E-state index in [2.05, 4.69) is 22.9 Å². The van der Waals surface area contributed by atoms with Crippen molar-refractivity contribution in [2.45, 2.75) is 25.9 Å². The molecule has 3 aromatic rings. The molecule has 2 aromatic carbocycles. The molecule has 0 spiro atoms. The van der Waals surface area contributed by atoms with Crippen LogP contribution < -0.4 is 10.2 Å². The van der Waals surface area contributed by atoms with Crippen molar-refractivity contribution < 1.29 is 13.9 Å². The predicted molar refractivity (Wildman–Crippen MR) is 114 cm³/mol. The van der Waals surface area contributed by atoms with E-state index < -0.39 is 0 Å². The van der Waals surface area contributed by atoms with Crippen LogP contribution in [0.2, 0.25) is 5.02 Å². The fourth-order valence-electron chi connectivity index (χ4n) is 3.39. The maximum absolute atomic E-state index is 12.6. The molecule has 1 aromatic heterocycles. The van der Waals surface area contributed by atoms with E-state index in [4.69, 9.17) is 25.5 Å². The summed E-state index contributed by atoms with van der Waals surface area (Å²) >= 11 is 9.57. The van der Waals surface area contributed by atoms with Crippen LogP contribution in [0.1, 0.15) is 19.8 Å². The van der Waals surface area contributed by atoms with Gasteiger partial charge in [-0.3, -0.25) is 4.79 Å². The van der Waals surface area contributed by atoms with Gasteiger partial charge in [0.2, 0.25) is 5.43 Å². The Morgan fingerprint density at radius 3 is 2.61 bits per heavy atom. The van der Waals surface area contributed by atoms with Crippen LogP contribution in [-0.2, 0) is 4.74 Å². The minimum Gasteiger partial charge on any atom is -0.491 e. The van der Waals surface area contributed by atoms with Crippen molar-refractivity contribution in [3.63, 3.8) is 0 Å². The van der Waals surface area contributed by atoms with Crippen molar-refractivity contribution in [2.75, 3.05) is 13.2 Å². The molecule has 0 aliphatic heterocycles. The summed E-state index contributed by atoms with van der Waals surface area (Å²) in [4.78, 5) is 12.6. The Bertz CT molecular complexity index is 1040. The first-order valence-corrected chi connectivity index (χ1v) is 10.5. The lowest BCUT2D eigenvalue weighted by molar-refractivity contribution is -0.0351. The molecule has 146 valence electrons. The van der Waals surface area contributed by atoms with Gasteiger partial charge in [0.15, 0.2) is 11.3 Å². The Kier molecular flexibility index (Phi) is 5.76. The van der Waals surface area contributed by atoms with Crippen molar-refractivity contribution in [3.8, 4) is 17.1 Å². The number of benzene rings is 2. The van der Waals surface area contributed by atoms with Crippen LogP contribution in [0.25, 0.3) is 22.3 Å². The molecular formula is C22H20BrClO4. The smallest absolute Gasteiger partial charge is 0.207 e. The lowest BCUT2D eigenvalue weighted by Crippen LogP contribution is -2.30. The number of ether oxygens (including phenoxy) is 2. The highest BCUT2D eigenvalue weighted by Gasteiger charge is 2.25. The van der Waals surface area contributed by atoms with Gasteiger partial charge in [-0.05, 0) is 71.1 Å². The molecule has 0 unspecified atom stereocenters. The van der Waals surface area contributed by atoms with Crippen molar-refractivity contribution in [1.29, 1.82) is 0 Å². The van der Waals surface area contributed by atoms with Crippen molar-refractivity contribution in [2.24, 2.45) is 5.92 Å². The first-order valence-electron chi connectivity index (χ1n) is 9.28. The quantitative estimate of drug-likeness (QED) is 0.416. The van der Waals surface area contributed by atoms with Crippen molar-refractivity contribution in [3.05, 3.63) is 62.2 Å². The minimum atomic E-state index is -0.151. The van der Waals surface area contributed by atoms with Crippen LogP contribution in [0.15, 0.2) is 56.1 Å². The molecule has 4 nitrogen and oxygen atoms in total. The van der Waals surface area contributed by atoms with Gasteiger partial charge in [-0.15, -0.1) is 0 Å².